The van der Waals surface area contributed by atoms with Gasteiger partial charge in [0.1, 0.15) is 5.58 Å². The molecule has 59 heavy (non-hydrogen) atoms. The molecular weight excluding hydrogens is 735 g/mol. The van der Waals surface area contributed by atoms with Crippen molar-refractivity contribution in [2.24, 2.45) is 0 Å². The molecule has 276 valence electrons. The van der Waals surface area contributed by atoms with Gasteiger partial charge in [0.05, 0.1) is 5.69 Å². The van der Waals surface area contributed by atoms with E-state index in [0.29, 0.717) is 0 Å². The Morgan fingerprint density at radius 1 is 0.356 bits per heavy atom. The van der Waals surface area contributed by atoms with Crippen LogP contribution in [0.15, 0.2) is 217 Å². The Bertz CT molecular complexity index is 3550. The predicted molar refractivity (Wildman–Crippen MR) is 253 cm³/mol. The van der Waals surface area contributed by atoms with Gasteiger partial charge in [-0.25, -0.2) is 0 Å². The van der Waals surface area contributed by atoms with E-state index < -0.39 is 0 Å². The van der Waals surface area contributed by atoms with Gasteiger partial charge in [0.2, 0.25) is 0 Å². The summed E-state index contributed by atoms with van der Waals surface area (Å²) >= 11 is 1.90. The van der Waals surface area contributed by atoms with E-state index >= 15 is 0 Å². The molecule has 0 bridgehead atoms. The highest BCUT2D eigenvalue weighted by molar-refractivity contribution is 7.27. The van der Waals surface area contributed by atoms with E-state index in [1.165, 1.54) is 69.5 Å². The van der Waals surface area contributed by atoms with Crippen LogP contribution in [0.3, 0.4) is 0 Å². The van der Waals surface area contributed by atoms with Crippen molar-refractivity contribution in [3.63, 3.8) is 0 Å². The van der Waals surface area contributed by atoms with Crippen molar-refractivity contribution in [3.8, 4) is 33.4 Å². The highest BCUT2D eigenvalue weighted by Gasteiger charge is 2.22. The van der Waals surface area contributed by atoms with E-state index in [0.717, 1.165) is 44.6 Å². The summed E-state index contributed by atoms with van der Waals surface area (Å²) in [6.45, 7) is 0. The molecule has 10 aromatic carbocycles. The molecule has 2 aromatic heterocycles. The van der Waals surface area contributed by atoms with Crippen LogP contribution in [0, 0.1) is 0 Å². The average molecular weight is 770 g/mol. The quantitative estimate of drug-likeness (QED) is 0.167. The van der Waals surface area contributed by atoms with Gasteiger partial charge in [-0.3, -0.25) is 0 Å². The van der Waals surface area contributed by atoms with Crippen molar-refractivity contribution in [2.45, 2.75) is 0 Å². The number of hydrogen-bond acceptors (Lipinski definition) is 3. The fourth-order valence-electron chi connectivity index (χ4n) is 9.11. The van der Waals surface area contributed by atoms with Crippen LogP contribution in [0.1, 0.15) is 0 Å². The van der Waals surface area contributed by atoms with E-state index in [9.17, 15) is 0 Å². The lowest BCUT2D eigenvalue weighted by Gasteiger charge is -2.26. The zero-order chi connectivity index (χ0) is 38.9. The number of furan rings is 1. The summed E-state index contributed by atoms with van der Waals surface area (Å²) < 4.78 is 9.46. The first-order valence-corrected chi connectivity index (χ1v) is 20.9. The molecule has 0 aliphatic rings. The second-order valence-electron chi connectivity index (χ2n) is 15.2. The number of benzene rings is 10. The summed E-state index contributed by atoms with van der Waals surface area (Å²) in [5.41, 5.74) is 12.1. The Labute approximate surface area is 345 Å². The Morgan fingerprint density at radius 3 is 1.80 bits per heavy atom. The third-order valence-corrected chi connectivity index (χ3v) is 13.1. The smallest absolute Gasteiger partial charge is 0.159 e. The van der Waals surface area contributed by atoms with Gasteiger partial charge < -0.3 is 9.32 Å². The monoisotopic (exact) mass is 769 g/mol. The van der Waals surface area contributed by atoms with Crippen molar-refractivity contribution < 1.29 is 4.42 Å². The predicted octanol–water partition coefficient (Wildman–Crippen LogP) is 16.7. The first-order chi connectivity index (χ1) is 29.3. The summed E-state index contributed by atoms with van der Waals surface area (Å²) in [5, 5.41) is 9.83. The molecule has 0 atom stereocenters. The maximum Gasteiger partial charge on any atom is 0.159 e. The lowest BCUT2D eigenvalue weighted by atomic mass is 9.95. The second kappa shape index (κ2) is 13.6. The Balaban J connectivity index is 1.04. The Hall–Kier alpha value is -7.46. The first kappa shape index (κ1) is 33.7. The number of anilines is 3. The fourth-order valence-corrected chi connectivity index (χ4v) is 10.5. The van der Waals surface area contributed by atoms with Gasteiger partial charge in [-0.2, -0.15) is 0 Å². The van der Waals surface area contributed by atoms with Crippen LogP contribution in [0.4, 0.5) is 17.1 Å². The summed E-state index contributed by atoms with van der Waals surface area (Å²) in [4.78, 5) is 2.35. The minimum absolute atomic E-state index is 0.865. The molecule has 0 saturated heterocycles. The van der Waals surface area contributed by atoms with Gasteiger partial charge >= 0.3 is 0 Å². The van der Waals surface area contributed by atoms with Crippen LogP contribution < -0.4 is 4.90 Å². The number of nitrogens with zero attached hydrogens (tertiary/aromatic N) is 1. The average Bonchev–Trinajstić information content (AvgIpc) is 3.90. The molecule has 0 aliphatic carbocycles. The van der Waals surface area contributed by atoms with Gasteiger partial charge in [0, 0.05) is 47.9 Å². The molecule has 0 N–H and O–H groups in total. The maximum atomic E-state index is 6.83. The van der Waals surface area contributed by atoms with Crippen molar-refractivity contribution in [1.82, 2.24) is 0 Å². The molecule has 12 aromatic rings. The van der Waals surface area contributed by atoms with Crippen molar-refractivity contribution in [3.05, 3.63) is 212 Å². The molecule has 0 saturated carbocycles. The third kappa shape index (κ3) is 5.47. The topological polar surface area (TPSA) is 16.4 Å². The van der Waals surface area contributed by atoms with E-state index in [-0.39, 0.29) is 0 Å². The Kier molecular flexibility index (Phi) is 7.75. The van der Waals surface area contributed by atoms with Crippen LogP contribution >= 0.6 is 11.3 Å². The van der Waals surface area contributed by atoms with Gasteiger partial charge in [-0.1, -0.05) is 170 Å². The zero-order valence-corrected chi connectivity index (χ0v) is 32.8. The van der Waals surface area contributed by atoms with Crippen molar-refractivity contribution in [1.29, 1.82) is 0 Å². The van der Waals surface area contributed by atoms with Crippen LogP contribution in [0.5, 0.6) is 0 Å². The van der Waals surface area contributed by atoms with Crippen molar-refractivity contribution >= 4 is 92.1 Å². The number of fused-ring (bicyclic) bond motifs is 10. The number of para-hydroxylation sites is 1. The molecule has 2 heterocycles. The largest absolute Gasteiger partial charge is 0.454 e. The molecule has 0 aliphatic heterocycles. The summed E-state index contributed by atoms with van der Waals surface area (Å²) in [5.74, 6) is 0. The molecule has 2 nitrogen and oxygen atoms in total. The minimum Gasteiger partial charge on any atom is -0.454 e. The van der Waals surface area contributed by atoms with Crippen LogP contribution in [0.2, 0.25) is 0 Å². The van der Waals surface area contributed by atoms with Gasteiger partial charge in [0.25, 0.3) is 0 Å². The summed E-state index contributed by atoms with van der Waals surface area (Å²) in [6.07, 6.45) is 0. The van der Waals surface area contributed by atoms with Gasteiger partial charge in [-0.05, 0) is 91.8 Å². The maximum absolute atomic E-state index is 6.83. The Morgan fingerprint density at radius 2 is 0.983 bits per heavy atom. The first-order valence-electron chi connectivity index (χ1n) is 20.1. The van der Waals surface area contributed by atoms with E-state index in [4.69, 9.17) is 4.42 Å². The SMILES string of the molecule is c1ccc(-c2cccc(N(c3ccc(-c4cccc5c4sc4c(-c6ccccc6)cc6ccccc6c45)cc3)c3cccc4c3oc3ccc5ccccc5c34)c2)cc1. The van der Waals surface area contributed by atoms with Crippen molar-refractivity contribution in [2.75, 3.05) is 4.90 Å². The molecule has 3 heteroatoms. The molecule has 0 radical (unpaired) electrons. The standard InChI is InChI=1S/C56H35NOS/c1-3-14-36(15-4-1)40-20-11-21-43(34-40)57(50-27-13-25-47-52-44-22-9-7-18-38(44)30-33-51(52)58-54(47)50)42-31-28-39(29-32-42)46-24-12-26-48-53-45-23-10-8-19-41(45)35-49(56(53)59-55(46)48)37-16-5-2-6-17-37/h1-35H. The molecular formula is C56H35NOS. The van der Waals surface area contributed by atoms with E-state index in [2.05, 4.69) is 217 Å². The minimum atomic E-state index is 0.865. The highest BCUT2D eigenvalue weighted by Crippen LogP contribution is 2.48. The summed E-state index contributed by atoms with van der Waals surface area (Å²) in [6, 6.07) is 76.7. The lowest BCUT2D eigenvalue weighted by molar-refractivity contribution is 0.669. The van der Waals surface area contributed by atoms with Crippen LogP contribution in [-0.2, 0) is 0 Å². The molecule has 0 spiro atoms. The molecule has 0 amide bonds. The lowest BCUT2D eigenvalue weighted by Crippen LogP contribution is -2.10. The molecule has 12 rings (SSSR count). The molecule has 0 unspecified atom stereocenters. The number of hydrogen-bond donors (Lipinski definition) is 0. The third-order valence-electron chi connectivity index (χ3n) is 11.8. The fraction of sp³-hybridized carbons (Fsp3) is 0. The van der Waals surface area contributed by atoms with Gasteiger partial charge in [0.15, 0.2) is 5.58 Å². The van der Waals surface area contributed by atoms with Crippen LogP contribution in [-0.4, -0.2) is 0 Å². The van der Waals surface area contributed by atoms with E-state index in [1.54, 1.807) is 0 Å². The second-order valence-corrected chi connectivity index (χ2v) is 16.2. The molecule has 0 fully saturated rings. The number of thiophene rings is 1. The van der Waals surface area contributed by atoms with Crippen LogP contribution in [0.25, 0.3) is 97.0 Å². The van der Waals surface area contributed by atoms with E-state index in [1.807, 2.05) is 11.3 Å². The highest BCUT2D eigenvalue weighted by atomic mass is 32.1. The zero-order valence-electron chi connectivity index (χ0n) is 32.0. The number of rotatable bonds is 6. The van der Waals surface area contributed by atoms with Gasteiger partial charge in [-0.15, -0.1) is 11.3 Å². The summed E-state index contributed by atoms with van der Waals surface area (Å²) in [7, 11) is 0. The normalized spacial score (nSPS) is 11.7.